The molecule has 1 aromatic heterocycles. The van der Waals surface area contributed by atoms with Gasteiger partial charge in [0.25, 0.3) is 0 Å². The Morgan fingerprint density at radius 3 is 2.92 bits per heavy atom. The second-order valence-corrected chi connectivity index (χ2v) is 3.05. The maximum Gasteiger partial charge on any atom is 0.231 e. The summed E-state index contributed by atoms with van der Waals surface area (Å²) in [5, 5.41) is 0. The largest absolute Gasteiger partial charge is 0.454 e. The number of hydrogen-bond acceptors (Lipinski definition) is 3. The predicted molar refractivity (Wildman–Crippen MR) is 46.8 cm³/mol. The minimum atomic E-state index is 0.311. The Balaban J connectivity index is 2.38. The van der Waals surface area contributed by atoms with E-state index in [0.29, 0.717) is 6.79 Å². The zero-order valence-electron chi connectivity index (χ0n) is 7.15. The molecule has 2 aromatic rings. The lowest BCUT2D eigenvalue weighted by Crippen LogP contribution is -1.93. The first kappa shape index (κ1) is 6.77. The van der Waals surface area contributed by atoms with Crippen LogP contribution in [0.3, 0.4) is 0 Å². The van der Waals surface area contributed by atoms with Gasteiger partial charge in [0.15, 0.2) is 11.5 Å². The maximum atomic E-state index is 5.27. The zero-order chi connectivity index (χ0) is 8.84. The third-order valence-electron chi connectivity index (χ3n) is 2.22. The van der Waals surface area contributed by atoms with Crippen molar-refractivity contribution in [2.45, 2.75) is 0 Å². The summed E-state index contributed by atoms with van der Waals surface area (Å²) in [5.41, 5.74) is 2.00. The summed E-state index contributed by atoms with van der Waals surface area (Å²) in [6.07, 6.45) is 1.78. The molecular formula is C9H8N2O2. The van der Waals surface area contributed by atoms with E-state index in [4.69, 9.17) is 9.47 Å². The Morgan fingerprint density at radius 1 is 1.31 bits per heavy atom. The third kappa shape index (κ3) is 0.824. The van der Waals surface area contributed by atoms with E-state index in [2.05, 4.69) is 4.98 Å². The van der Waals surface area contributed by atoms with Gasteiger partial charge >= 0.3 is 0 Å². The summed E-state index contributed by atoms with van der Waals surface area (Å²) in [6, 6.07) is 3.85. The monoisotopic (exact) mass is 176 g/mol. The first-order valence-electron chi connectivity index (χ1n) is 4.05. The normalized spacial score (nSPS) is 13.9. The van der Waals surface area contributed by atoms with Crippen LogP contribution in [0.25, 0.3) is 11.0 Å². The Bertz CT molecular complexity index is 476. The van der Waals surface area contributed by atoms with Crippen molar-refractivity contribution in [1.29, 1.82) is 0 Å². The van der Waals surface area contributed by atoms with Crippen LogP contribution in [0.4, 0.5) is 0 Å². The molecule has 3 rings (SSSR count). The summed E-state index contributed by atoms with van der Waals surface area (Å²) in [5.74, 6) is 1.59. The van der Waals surface area contributed by atoms with Gasteiger partial charge in [0, 0.05) is 19.2 Å². The van der Waals surface area contributed by atoms with E-state index in [1.807, 2.05) is 23.7 Å². The Morgan fingerprint density at radius 2 is 2.08 bits per heavy atom. The number of fused-ring (bicyclic) bond motifs is 2. The molecule has 0 radical (unpaired) electrons. The molecule has 13 heavy (non-hydrogen) atoms. The smallest absolute Gasteiger partial charge is 0.231 e. The summed E-state index contributed by atoms with van der Waals surface area (Å²) in [7, 11) is 1.96. The van der Waals surface area contributed by atoms with Crippen LogP contribution in [0.15, 0.2) is 18.5 Å². The highest BCUT2D eigenvalue weighted by atomic mass is 16.7. The molecule has 0 aliphatic carbocycles. The quantitative estimate of drug-likeness (QED) is 0.607. The number of nitrogens with zero attached hydrogens (tertiary/aromatic N) is 2. The Kier molecular flexibility index (Phi) is 1.12. The molecule has 1 aliphatic heterocycles. The van der Waals surface area contributed by atoms with Crippen LogP contribution in [0.1, 0.15) is 0 Å². The van der Waals surface area contributed by atoms with Crippen LogP contribution in [0.5, 0.6) is 11.5 Å². The van der Waals surface area contributed by atoms with E-state index < -0.39 is 0 Å². The van der Waals surface area contributed by atoms with Gasteiger partial charge in [0.05, 0.1) is 17.4 Å². The number of ether oxygens (including phenoxy) is 2. The van der Waals surface area contributed by atoms with Crippen LogP contribution in [0.2, 0.25) is 0 Å². The molecule has 0 bridgehead atoms. The van der Waals surface area contributed by atoms with Crippen molar-refractivity contribution in [3.63, 3.8) is 0 Å². The molecule has 1 aromatic carbocycles. The number of aryl methyl sites for hydroxylation is 1. The van der Waals surface area contributed by atoms with Crippen molar-refractivity contribution in [1.82, 2.24) is 9.55 Å². The van der Waals surface area contributed by atoms with Crippen LogP contribution in [0, 0.1) is 0 Å². The molecule has 2 heterocycles. The van der Waals surface area contributed by atoms with Crippen molar-refractivity contribution < 1.29 is 9.47 Å². The standard InChI is InChI=1S/C9H8N2O2/c1-11-4-10-6-2-8-9(3-7(6)11)13-5-12-8/h2-4H,5H2,1H3. The van der Waals surface area contributed by atoms with E-state index >= 15 is 0 Å². The fourth-order valence-electron chi connectivity index (χ4n) is 1.52. The summed E-state index contributed by atoms with van der Waals surface area (Å²) in [6.45, 7) is 0.311. The van der Waals surface area contributed by atoms with Gasteiger partial charge in [0.2, 0.25) is 6.79 Å². The molecule has 0 N–H and O–H groups in total. The minimum Gasteiger partial charge on any atom is -0.454 e. The summed E-state index contributed by atoms with van der Waals surface area (Å²) < 4.78 is 12.5. The molecule has 4 heteroatoms. The van der Waals surface area contributed by atoms with Gasteiger partial charge < -0.3 is 14.0 Å². The van der Waals surface area contributed by atoms with E-state index in [9.17, 15) is 0 Å². The first-order chi connectivity index (χ1) is 6.34. The molecular weight excluding hydrogens is 168 g/mol. The van der Waals surface area contributed by atoms with Crippen LogP contribution in [-0.4, -0.2) is 16.3 Å². The van der Waals surface area contributed by atoms with E-state index in [0.717, 1.165) is 22.5 Å². The molecule has 0 saturated heterocycles. The van der Waals surface area contributed by atoms with Gasteiger partial charge in [-0.3, -0.25) is 0 Å². The van der Waals surface area contributed by atoms with E-state index in [1.165, 1.54) is 0 Å². The predicted octanol–water partition coefficient (Wildman–Crippen LogP) is 1.30. The lowest BCUT2D eigenvalue weighted by molar-refractivity contribution is 0.174. The molecule has 4 nitrogen and oxygen atoms in total. The van der Waals surface area contributed by atoms with Gasteiger partial charge in [0.1, 0.15) is 0 Å². The molecule has 66 valence electrons. The van der Waals surface area contributed by atoms with Crippen molar-refractivity contribution in [3.8, 4) is 11.5 Å². The van der Waals surface area contributed by atoms with Gasteiger partial charge in [-0.15, -0.1) is 0 Å². The summed E-state index contributed by atoms with van der Waals surface area (Å²) >= 11 is 0. The zero-order valence-corrected chi connectivity index (χ0v) is 7.15. The van der Waals surface area contributed by atoms with E-state index in [-0.39, 0.29) is 0 Å². The number of aromatic nitrogens is 2. The SMILES string of the molecule is Cn1cnc2cc3c(cc21)OCO3. The summed E-state index contributed by atoms with van der Waals surface area (Å²) in [4.78, 5) is 4.22. The number of benzene rings is 1. The second kappa shape index (κ2) is 2.16. The lowest BCUT2D eigenvalue weighted by atomic mass is 10.3. The third-order valence-corrected chi connectivity index (χ3v) is 2.22. The fraction of sp³-hybridized carbons (Fsp3) is 0.222. The van der Waals surface area contributed by atoms with Gasteiger partial charge in [-0.25, -0.2) is 4.98 Å². The highest BCUT2D eigenvalue weighted by molar-refractivity contribution is 5.80. The molecule has 0 spiro atoms. The van der Waals surface area contributed by atoms with Crippen molar-refractivity contribution >= 4 is 11.0 Å². The molecule has 0 saturated carbocycles. The topological polar surface area (TPSA) is 36.3 Å². The number of rotatable bonds is 0. The van der Waals surface area contributed by atoms with E-state index in [1.54, 1.807) is 6.33 Å². The fourth-order valence-corrected chi connectivity index (χ4v) is 1.52. The Labute approximate surface area is 74.7 Å². The molecule has 0 amide bonds. The van der Waals surface area contributed by atoms with Crippen molar-refractivity contribution in [2.75, 3.05) is 6.79 Å². The van der Waals surface area contributed by atoms with Crippen LogP contribution >= 0.6 is 0 Å². The van der Waals surface area contributed by atoms with Crippen molar-refractivity contribution in [2.24, 2.45) is 7.05 Å². The lowest BCUT2D eigenvalue weighted by Gasteiger charge is -1.96. The second-order valence-electron chi connectivity index (χ2n) is 3.05. The van der Waals surface area contributed by atoms with Gasteiger partial charge in [-0.2, -0.15) is 0 Å². The maximum absolute atomic E-state index is 5.27. The number of hydrogen-bond donors (Lipinski definition) is 0. The number of imidazole rings is 1. The average molecular weight is 176 g/mol. The highest BCUT2D eigenvalue weighted by Crippen LogP contribution is 2.35. The van der Waals surface area contributed by atoms with Crippen LogP contribution < -0.4 is 9.47 Å². The first-order valence-corrected chi connectivity index (χ1v) is 4.05. The van der Waals surface area contributed by atoms with Gasteiger partial charge in [-0.05, 0) is 0 Å². The highest BCUT2D eigenvalue weighted by Gasteiger charge is 2.15. The molecule has 0 unspecified atom stereocenters. The average Bonchev–Trinajstić information content (AvgIpc) is 2.70. The molecule has 0 fully saturated rings. The van der Waals surface area contributed by atoms with Crippen LogP contribution in [-0.2, 0) is 7.05 Å². The minimum absolute atomic E-state index is 0.311. The van der Waals surface area contributed by atoms with Gasteiger partial charge in [-0.1, -0.05) is 0 Å². The Hall–Kier alpha value is -1.71. The van der Waals surface area contributed by atoms with Crippen molar-refractivity contribution in [3.05, 3.63) is 18.5 Å². The molecule has 1 aliphatic rings. The molecule has 0 atom stereocenters.